The van der Waals surface area contributed by atoms with Crippen molar-refractivity contribution in [2.24, 2.45) is 0 Å². The maximum absolute atomic E-state index is 4.66. The third-order valence-corrected chi connectivity index (χ3v) is 4.26. The van der Waals surface area contributed by atoms with Crippen LogP contribution >= 0.6 is 11.3 Å². The monoisotopic (exact) mass is 282 g/mol. The molecule has 0 atom stereocenters. The lowest BCUT2D eigenvalue weighted by Crippen LogP contribution is -1.95. The SMILES string of the molecule is CCCc1ccccc1Nc1nc2ccc(C)cc2s1. The van der Waals surface area contributed by atoms with Crippen LogP contribution in [0.5, 0.6) is 0 Å². The Hall–Kier alpha value is -1.87. The highest BCUT2D eigenvalue weighted by Gasteiger charge is 2.06. The Balaban J connectivity index is 1.93. The Labute approximate surface area is 123 Å². The van der Waals surface area contributed by atoms with E-state index < -0.39 is 0 Å². The van der Waals surface area contributed by atoms with E-state index in [0.29, 0.717) is 0 Å². The number of para-hydroxylation sites is 1. The maximum atomic E-state index is 4.66. The summed E-state index contributed by atoms with van der Waals surface area (Å²) in [6.07, 6.45) is 2.24. The first-order valence-electron chi connectivity index (χ1n) is 6.98. The number of hydrogen-bond acceptors (Lipinski definition) is 3. The molecule has 3 rings (SSSR count). The van der Waals surface area contributed by atoms with E-state index in [1.165, 1.54) is 21.5 Å². The summed E-state index contributed by atoms with van der Waals surface area (Å²) >= 11 is 1.71. The van der Waals surface area contributed by atoms with E-state index in [1.807, 2.05) is 0 Å². The minimum atomic E-state index is 0.967. The third kappa shape index (κ3) is 2.68. The van der Waals surface area contributed by atoms with Crippen molar-refractivity contribution < 1.29 is 0 Å². The second-order valence-electron chi connectivity index (χ2n) is 5.02. The molecule has 102 valence electrons. The summed E-state index contributed by atoms with van der Waals surface area (Å²) in [6.45, 7) is 4.32. The van der Waals surface area contributed by atoms with Gasteiger partial charge in [0.15, 0.2) is 5.13 Å². The Bertz CT molecular complexity index is 731. The molecule has 2 nitrogen and oxygen atoms in total. The zero-order valence-electron chi connectivity index (χ0n) is 11.8. The van der Waals surface area contributed by atoms with E-state index in [2.05, 4.69) is 66.6 Å². The topological polar surface area (TPSA) is 24.9 Å². The quantitative estimate of drug-likeness (QED) is 0.702. The summed E-state index contributed by atoms with van der Waals surface area (Å²) in [5.74, 6) is 0. The van der Waals surface area contributed by atoms with Crippen molar-refractivity contribution in [3.63, 3.8) is 0 Å². The van der Waals surface area contributed by atoms with Crippen LogP contribution in [0.2, 0.25) is 0 Å². The summed E-state index contributed by atoms with van der Waals surface area (Å²) in [6, 6.07) is 14.9. The highest BCUT2D eigenvalue weighted by atomic mass is 32.1. The number of benzene rings is 2. The average Bonchev–Trinajstić information content (AvgIpc) is 2.82. The van der Waals surface area contributed by atoms with E-state index in [-0.39, 0.29) is 0 Å². The smallest absolute Gasteiger partial charge is 0.188 e. The van der Waals surface area contributed by atoms with E-state index in [4.69, 9.17) is 0 Å². The summed E-state index contributed by atoms with van der Waals surface area (Å²) in [7, 11) is 0. The van der Waals surface area contributed by atoms with Crippen molar-refractivity contribution in [1.29, 1.82) is 0 Å². The van der Waals surface area contributed by atoms with Gasteiger partial charge in [-0.25, -0.2) is 4.98 Å². The van der Waals surface area contributed by atoms with Gasteiger partial charge in [-0.05, 0) is 42.7 Å². The van der Waals surface area contributed by atoms with Crippen molar-refractivity contribution in [2.45, 2.75) is 26.7 Å². The first kappa shape index (κ1) is 13.1. The molecule has 1 heterocycles. The van der Waals surface area contributed by atoms with Gasteiger partial charge in [-0.1, -0.05) is 48.9 Å². The minimum Gasteiger partial charge on any atom is -0.331 e. The molecule has 0 fully saturated rings. The molecule has 3 heteroatoms. The van der Waals surface area contributed by atoms with Crippen LogP contribution in [-0.2, 0) is 6.42 Å². The van der Waals surface area contributed by atoms with Gasteiger partial charge >= 0.3 is 0 Å². The molecule has 3 aromatic rings. The number of fused-ring (bicyclic) bond motifs is 1. The molecule has 0 aliphatic rings. The maximum Gasteiger partial charge on any atom is 0.188 e. The molecule has 0 saturated carbocycles. The van der Waals surface area contributed by atoms with Gasteiger partial charge in [-0.15, -0.1) is 0 Å². The predicted molar refractivity (Wildman–Crippen MR) is 88.1 cm³/mol. The van der Waals surface area contributed by atoms with Crippen molar-refractivity contribution in [1.82, 2.24) is 4.98 Å². The lowest BCUT2D eigenvalue weighted by Gasteiger charge is -2.08. The lowest BCUT2D eigenvalue weighted by molar-refractivity contribution is 0.923. The average molecular weight is 282 g/mol. The van der Waals surface area contributed by atoms with Gasteiger partial charge in [-0.3, -0.25) is 0 Å². The molecular weight excluding hydrogens is 264 g/mol. The molecule has 0 unspecified atom stereocenters. The largest absolute Gasteiger partial charge is 0.331 e. The second-order valence-corrected chi connectivity index (χ2v) is 6.05. The fraction of sp³-hybridized carbons (Fsp3) is 0.235. The number of anilines is 2. The van der Waals surface area contributed by atoms with Crippen LogP contribution in [0.4, 0.5) is 10.8 Å². The molecule has 1 N–H and O–H groups in total. The predicted octanol–water partition coefficient (Wildman–Crippen LogP) is 5.30. The van der Waals surface area contributed by atoms with Crippen LogP contribution in [0.3, 0.4) is 0 Å². The van der Waals surface area contributed by atoms with E-state index in [1.54, 1.807) is 11.3 Å². The second kappa shape index (κ2) is 5.63. The Morgan fingerprint density at radius 3 is 2.85 bits per heavy atom. The van der Waals surface area contributed by atoms with Gasteiger partial charge in [0.2, 0.25) is 0 Å². The fourth-order valence-corrected chi connectivity index (χ4v) is 3.31. The molecule has 20 heavy (non-hydrogen) atoms. The minimum absolute atomic E-state index is 0.967. The molecule has 0 spiro atoms. The zero-order valence-corrected chi connectivity index (χ0v) is 12.6. The van der Waals surface area contributed by atoms with Crippen LogP contribution in [0.1, 0.15) is 24.5 Å². The highest BCUT2D eigenvalue weighted by Crippen LogP contribution is 2.30. The number of aryl methyl sites for hydroxylation is 2. The lowest BCUT2D eigenvalue weighted by atomic mass is 10.1. The summed E-state index contributed by atoms with van der Waals surface area (Å²) < 4.78 is 1.24. The van der Waals surface area contributed by atoms with Crippen LogP contribution < -0.4 is 5.32 Å². The van der Waals surface area contributed by atoms with Crippen LogP contribution in [-0.4, -0.2) is 4.98 Å². The van der Waals surface area contributed by atoms with Crippen LogP contribution in [0.25, 0.3) is 10.2 Å². The first-order valence-corrected chi connectivity index (χ1v) is 7.80. The number of thiazole rings is 1. The standard InChI is InChI=1S/C17H18N2S/c1-3-6-13-7-4-5-8-14(13)18-17-19-15-10-9-12(2)11-16(15)20-17/h4-5,7-11H,3,6H2,1-2H3,(H,18,19). The van der Waals surface area contributed by atoms with Gasteiger partial charge in [0.05, 0.1) is 10.2 Å². The van der Waals surface area contributed by atoms with Crippen molar-refractivity contribution in [3.8, 4) is 0 Å². The number of nitrogens with one attached hydrogen (secondary N) is 1. The van der Waals surface area contributed by atoms with Gasteiger partial charge < -0.3 is 5.32 Å². The Kier molecular flexibility index (Phi) is 3.70. The highest BCUT2D eigenvalue weighted by molar-refractivity contribution is 7.22. The number of rotatable bonds is 4. The molecule has 0 aliphatic carbocycles. The van der Waals surface area contributed by atoms with E-state index >= 15 is 0 Å². The van der Waals surface area contributed by atoms with Gasteiger partial charge in [0.1, 0.15) is 0 Å². The van der Waals surface area contributed by atoms with E-state index in [0.717, 1.165) is 23.5 Å². The molecular formula is C17H18N2S. The molecule has 1 aromatic heterocycles. The number of aromatic nitrogens is 1. The van der Waals surface area contributed by atoms with Gasteiger partial charge in [-0.2, -0.15) is 0 Å². The van der Waals surface area contributed by atoms with Crippen molar-refractivity contribution in [2.75, 3.05) is 5.32 Å². The molecule has 0 radical (unpaired) electrons. The summed E-state index contributed by atoms with van der Waals surface area (Å²) in [5, 5.41) is 4.44. The van der Waals surface area contributed by atoms with Gasteiger partial charge in [0, 0.05) is 5.69 Å². The van der Waals surface area contributed by atoms with E-state index in [9.17, 15) is 0 Å². The first-order chi connectivity index (χ1) is 9.76. The molecule has 0 aliphatic heterocycles. The summed E-state index contributed by atoms with van der Waals surface area (Å²) in [4.78, 5) is 4.66. The number of nitrogens with zero attached hydrogens (tertiary/aromatic N) is 1. The Morgan fingerprint density at radius 2 is 2.00 bits per heavy atom. The zero-order chi connectivity index (χ0) is 13.9. The van der Waals surface area contributed by atoms with Crippen LogP contribution in [0.15, 0.2) is 42.5 Å². The van der Waals surface area contributed by atoms with Crippen molar-refractivity contribution >= 4 is 32.4 Å². The normalized spacial score (nSPS) is 10.9. The molecule has 0 bridgehead atoms. The molecule has 2 aromatic carbocycles. The molecule has 0 saturated heterocycles. The fourth-order valence-electron chi connectivity index (χ4n) is 2.33. The Morgan fingerprint density at radius 1 is 1.15 bits per heavy atom. The van der Waals surface area contributed by atoms with Crippen molar-refractivity contribution in [3.05, 3.63) is 53.6 Å². The molecule has 0 amide bonds. The number of hydrogen-bond donors (Lipinski definition) is 1. The van der Waals surface area contributed by atoms with Crippen LogP contribution in [0, 0.1) is 6.92 Å². The summed E-state index contributed by atoms with van der Waals surface area (Å²) in [5.41, 5.74) is 4.87. The van der Waals surface area contributed by atoms with Gasteiger partial charge in [0.25, 0.3) is 0 Å². The third-order valence-electron chi connectivity index (χ3n) is 3.32.